The minimum absolute atomic E-state index is 0.0900. The summed E-state index contributed by atoms with van der Waals surface area (Å²) in [6, 6.07) is 9.96. The molecule has 0 spiro atoms. The van der Waals surface area contributed by atoms with Gasteiger partial charge in [0, 0.05) is 18.7 Å². The molecule has 35 heavy (non-hydrogen) atoms. The summed E-state index contributed by atoms with van der Waals surface area (Å²) in [6.07, 6.45) is -5.08. The van der Waals surface area contributed by atoms with Crippen molar-refractivity contribution in [3.63, 3.8) is 0 Å². The standard InChI is InChI=1S/C22H27FN2O3.C2HF3O2/c1-14(2)12-25(13-15(3)4)20-10-7-17(22(27)28)11-19(20)24-21(26)16-5-8-18(23)9-6-16;3-2(4,5)1(6)7/h5-11,14-15H,12-13H2,1-4H3,(H,24,26)(H,27,28);(H,6,7). The van der Waals surface area contributed by atoms with Gasteiger partial charge >= 0.3 is 18.1 Å². The van der Waals surface area contributed by atoms with Crippen molar-refractivity contribution >= 4 is 29.2 Å². The minimum atomic E-state index is -5.08. The Morgan fingerprint density at radius 3 is 1.74 bits per heavy atom. The van der Waals surface area contributed by atoms with Gasteiger partial charge in [-0.2, -0.15) is 13.2 Å². The van der Waals surface area contributed by atoms with E-state index in [-0.39, 0.29) is 5.56 Å². The Morgan fingerprint density at radius 1 is 0.886 bits per heavy atom. The van der Waals surface area contributed by atoms with Gasteiger partial charge in [-0.25, -0.2) is 14.0 Å². The zero-order valence-corrected chi connectivity index (χ0v) is 19.7. The molecule has 0 atom stereocenters. The number of carboxylic acids is 2. The molecular formula is C24H28F4N2O5. The van der Waals surface area contributed by atoms with E-state index in [1.807, 2.05) is 0 Å². The Hall–Kier alpha value is -3.63. The third kappa shape index (κ3) is 10.0. The van der Waals surface area contributed by atoms with Crippen molar-refractivity contribution in [2.75, 3.05) is 23.3 Å². The van der Waals surface area contributed by atoms with Crippen LogP contribution in [0.1, 0.15) is 48.4 Å². The summed E-state index contributed by atoms with van der Waals surface area (Å²) in [5, 5.41) is 19.3. The van der Waals surface area contributed by atoms with E-state index >= 15 is 0 Å². The number of carbonyl (C=O) groups excluding carboxylic acids is 1. The molecule has 0 saturated heterocycles. The van der Waals surface area contributed by atoms with Gasteiger partial charge in [0.1, 0.15) is 5.82 Å². The summed E-state index contributed by atoms with van der Waals surface area (Å²) >= 11 is 0. The normalized spacial score (nSPS) is 11.0. The number of nitrogens with zero attached hydrogens (tertiary/aromatic N) is 1. The first kappa shape index (κ1) is 29.4. The van der Waals surface area contributed by atoms with E-state index in [1.165, 1.54) is 30.3 Å². The highest BCUT2D eigenvalue weighted by molar-refractivity contribution is 6.06. The Bertz CT molecular complexity index is 1010. The fourth-order valence-corrected chi connectivity index (χ4v) is 2.99. The van der Waals surface area contributed by atoms with Crippen molar-refractivity contribution in [1.29, 1.82) is 0 Å². The fourth-order valence-electron chi connectivity index (χ4n) is 2.99. The third-order valence-electron chi connectivity index (χ3n) is 4.35. The van der Waals surface area contributed by atoms with E-state index in [0.29, 0.717) is 23.1 Å². The maximum absolute atomic E-state index is 13.1. The number of amides is 1. The number of carbonyl (C=O) groups is 3. The summed E-state index contributed by atoms with van der Waals surface area (Å²) in [4.78, 5) is 35.1. The molecule has 0 radical (unpaired) electrons. The highest BCUT2D eigenvalue weighted by Crippen LogP contribution is 2.29. The van der Waals surface area contributed by atoms with Crippen molar-refractivity contribution in [1.82, 2.24) is 0 Å². The molecule has 0 aliphatic rings. The summed E-state index contributed by atoms with van der Waals surface area (Å²) in [5.41, 5.74) is 1.58. The van der Waals surface area contributed by atoms with Crippen molar-refractivity contribution in [3.05, 3.63) is 59.4 Å². The van der Waals surface area contributed by atoms with Crippen LogP contribution in [0.15, 0.2) is 42.5 Å². The predicted molar refractivity (Wildman–Crippen MR) is 123 cm³/mol. The van der Waals surface area contributed by atoms with Crippen molar-refractivity contribution in [3.8, 4) is 0 Å². The zero-order chi connectivity index (χ0) is 26.9. The van der Waals surface area contributed by atoms with E-state index < -0.39 is 29.8 Å². The molecule has 1 amide bonds. The number of aliphatic carboxylic acids is 1. The smallest absolute Gasteiger partial charge is 0.478 e. The van der Waals surface area contributed by atoms with Gasteiger partial charge < -0.3 is 20.4 Å². The molecular weight excluding hydrogens is 472 g/mol. The molecule has 0 aromatic heterocycles. The molecule has 7 nitrogen and oxygen atoms in total. The molecule has 2 aromatic rings. The lowest BCUT2D eigenvalue weighted by atomic mass is 10.1. The lowest BCUT2D eigenvalue weighted by Gasteiger charge is -2.30. The Morgan fingerprint density at radius 2 is 1.34 bits per heavy atom. The van der Waals surface area contributed by atoms with E-state index in [1.54, 1.807) is 12.1 Å². The molecule has 0 bridgehead atoms. The first-order chi connectivity index (χ1) is 16.1. The van der Waals surface area contributed by atoms with Gasteiger partial charge in [-0.1, -0.05) is 27.7 Å². The number of hydrogen-bond donors (Lipinski definition) is 3. The summed E-state index contributed by atoms with van der Waals surface area (Å²) in [7, 11) is 0. The highest BCUT2D eigenvalue weighted by Gasteiger charge is 2.38. The molecule has 0 aliphatic heterocycles. The van der Waals surface area contributed by atoms with Gasteiger partial charge in [0.05, 0.1) is 16.9 Å². The van der Waals surface area contributed by atoms with Gasteiger partial charge in [0.2, 0.25) is 0 Å². The number of carboxylic acid groups (broad SMARTS) is 2. The summed E-state index contributed by atoms with van der Waals surface area (Å²) in [5.74, 6) is -3.89. The van der Waals surface area contributed by atoms with Crippen LogP contribution in [0, 0.1) is 17.7 Å². The van der Waals surface area contributed by atoms with Crippen LogP contribution in [0.5, 0.6) is 0 Å². The van der Waals surface area contributed by atoms with Crippen molar-refractivity contribution in [2.45, 2.75) is 33.9 Å². The highest BCUT2D eigenvalue weighted by atomic mass is 19.4. The van der Waals surface area contributed by atoms with Crippen LogP contribution in [-0.2, 0) is 4.79 Å². The lowest BCUT2D eigenvalue weighted by Crippen LogP contribution is -2.32. The number of benzene rings is 2. The van der Waals surface area contributed by atoms with Gasteiger partial charge in [0.25, 0.3) is 5.91 Å². The second kappa shape index (κ2) is 12.7. The lowest BCUT2D eigenvalue weighted by molar-refractivity contribution is -0.192. The van der Waals surface area contributed by atoms with Crippen LogP contribution >= 0.6 is 0 Å². The predicted octanol–water partition coefficient (Wildman–Crippen LogP) is 5.53. The molecule has 3 N–H and O–H groups in total. The van der Waals surface area contributed by atoms with Crippen LogP contribution in [0.3, 0.4) is 0 Å². The SMILES string of the molecule is CC(C)CN(CC(C)C)c1ccc(C(=O)O)cc1NC(=O)c1ccc(F)cc1.O=C(O)C(F)(F)F. The van der Waals surface area contributed by atoms with Gasteiger partial charge in [-0.05, 0) is 54.3 Å². The van der Waals surface area contributed by atoms with Gasteiger partial charge in [-0.15, -0.1) is 0 Å². The largest absolute Gasteiger partial charge is 0.490 e. The Kier molecular flexibility index (Phi) is 10.7. The maximum atomic E-state index is 13.1. The fraction of sp³-hybridized carbons (Fsp3) is 0.375. The number of aromatic carboxylic acids is 1. The summed E-state index contributed by atoms with van der Waals surface area (Å²) < 4.78 is 44.9. The van der Waals surface area contributed by atoms with Crippen molar-refractivity contribution < 1.29 is 42.2 Å². The van der Waals surface area contributed by atoms with Crippen LogP contribution in [0.2, 0.25) is 0 Å². The molecule has 0 fully saturated rings. The zero-order valence-electron chi connectivity index (χ0n) is 19.7. The topological polar surface area (TPSA) is 107 Å². The minimum Gasteiger partial charge on any atom is -0.478 e. The molecule has 0 unspecified atom stereocenters. The average Bonchev–Trinajstić information content (AvgIpc) is 2.72. The number of alkyl halides is 3. The summed E-state index contributed by atoms with van der Waals surface area (Å²) in [6.45, 7) is 9.96. The number of hydrogen-bond acceptors (Lipinski definition) is 4. The second-order valence-corrected chi connectivity index (χ2v) is 8.49. The number of rotatable bonds is 8. The monoisotopic (exact) mass is 500 g/mol. The molecule has 11 heteroatoms. The van der Waals surface area contributed by atoms with E-state index in [4.69, 9.17) is 9.90 Å². The molecule has 0 heterocycles. The van der Waals surface area contributed by atoms with Crippen molar-refractivity contribution in [2.24, 2.45) is 11.8 Å². The molecule has 0 aliphatic carbocycles. The van der Waals surface area contributed by atoms with Crippen LogP contribution in [0.4, 0.5) is 28.9 Å². The molecule has 2 aromatic carbocycles. The molecule has 2 rings (SSSR count). The van der Waals surface area contributed by atoms with Crippen LogP contribution in [0.25, 0.3) is 0 Å². The van der Waals surface area contributed by atoms with E-state index in [2.05, 4.69) is 37.9 Å². The average molecular weight is 500 g/mol. The van der Waals surface area contributed by atoms with Crippen LogP contribution < -0.4 is 10.2 Å². The van der Waals surface area contributed by atoms with Gasteiger partial charge in [-0.3, -0.25) is 4.79 Å². The molecule has 192 valence electrons. The van der Waals surface area contributed by atoms with Crippen LogP contribution in [-0.4, -0.2) is 47.3 Å². The number of halogens is 4. The second-order valence-electron chi connectivity index (χ2n) is 8.49. The Balaban J connectivity index is 0.000000762. The Labute approximate surface area is 200 Å². The number of nitrogens with one attached hydrogen (secondary N) is 1. The number of anilines is 2. The van der Waals surface area contributed by atoms with E-state index in [0.717, 1.165) is 18.8 Å². The first-order valence-electron chi connectivity index (χ1n) is 10.6. The quantitative estimate of drug-likeness (QED) is 0.412. The maximum Gasteiger partial charge on any atom is 0.490 e. The molecule has 0 saturated carbocycles. The van der Waals surface area contributed by atoms with E-state index in [9.17, 15) is 32.3 Å². The third-order valence-corrected chi connectivity index (χ3v) is 4.35. The first-order valence-corrected chi connectivity index (χ1v) is 10.6. The van der Waals surface area contributed by atoms with Gasteiger partial charge in [0.15, 0.2) is 0 Å².